The minimum atomic E-state index is -0.559. The Morgan fingerprint density at radius 3 is 2.91 bits per heavy atom. The van der Waals surface area contributed by atoms with E-state index >= 15 is 0 Å². The van der Waals surface area contributed by atoms with Gasteiger partial charge in [0.25, 0.3) is 11.2 Å². The van der Waals surface area contributed by atoms with Gasteiger partial charge in [0.05, 0.1) is 34.2 Å². The molecular formula is C21H19ClN4O5S. The van der Waals surface area contributed by atoms with Gasteiger partial charge in [-0.3, -0.25) is 24.3 Å². The van der Waals surface area contributed by atoms with Crippen LogP contribution in [0.3, 0.4) is 0 Å². The summed E-state index contributed by atoms with van der Waals surface area (Å²) in [7, 11) is 0. The SMILES string of the molecule is O=C(CSc1nc2cc(Cl)ccc2c(=O)n1CC1CCCO1)Nc1ccccc1[N+](=O)[O-]. The standard InChI is InChI=1S/C21H19ClN4O5S/c22-13-7-8-15-17(10-13)24-21(25(20(15)28)11-14-4-3-9-31-14)32-12-19(27)23-16-5-1-2-6-18(16)26(29)30/h1-2,5-8,10,14H,3-4,9,11-12H2,(H,23,27). The van der Waals surface area contributed by atoms with Crippen molar-refractivity contribution in [2.24, 2.45) is 0 Å². The molecule has 1 atom stereocenters. The topological polar surface area (TPSA) is 116 Å². The first kappa shape index (κ1) is 22.3. The van der Waals surface area contributed by atoms with E-state index in [4.69, 9.17) is 16.3 Å². The summed E-state index contributed by atoms with van der Waals surface area (Å²) in [6.45, 7) is 0.981. The fourth-order valence-corrected chi connectivity index (χ4v) is 4.47. The molecule has 1 unspecified atom stereocenters. The van der Waals surface area contributed by atoms with Gasteiger partial charge in [-0.05, 0) is 37.1 Å². The van der Waals surface area contributed by atoms with Crippen molar-refractivity contribution in [1.82, 2.24) is 9.55 Å². The number of nitro groups is 1. The molecule has 32 heavy (non-hydrogen) atoms. The fourth-order valence-electron chi connectivity index (χ4n) is 3.49. The molecule has 0 saturated carbocycles. The van der Waals surface area contributed by atoms with Crippen LogP contribution < -0.4 is 10.9 Å². The molecule has 11 heteroatoms. The molecule has 1 aromatic heterocycles. The number of hydrogen-bond donors (Lipinski definition) is 1. The highest BCUT2D eigenvalue weighted by molar-refractivity contribution is 7.99. The maximum absolute atomic E-state index is 13.1. The molecule has 166 valence electrons. The predicted molar refractivity (Wildman–Crippen MR) is 122 cm³/mol. The fraction of sp³-hybridized carbons (Fsp3) is 0.286. The Morgan fingerprint density at radius 1 is 1.34 bits per heavy atom. The van der Waals surface area contributed by atoms with E-state index in [-0.39, 0.29) is 28.8 Å². The van der Waals surface area contributed by atoms with Crippen molar-refractivity contribution in [1.29, 1.82) is 0 Å². The summed E-state index contributed by atoms with van der Waals surface area (Å²) in [5, 5.41) is 15.0. The molecule has 1 amide bonds. The molecule has 4 rings (SSSR count). The lowest BCUT2D eigenvalue weighted by Crippen LogP contribution is -2.29. The molecule has 1 aliphatic rings. The lowest BCUT2D eigenvalue weighted by atomic mass is 10.2. The Morgan fingerprint density at radius 2 is 2.16 bits per heavy atom. The zero-order chi connectivity index (χ0) is 22.7. The number of rotatable bonds is 7. The van der Waals surface area contributed by atoms with Gasteiger partial charge in [0, 0.05) is 17.7 Å². The molecule has 0 radical (unpaired) electrons. The zero-order valence-corrected chi connectivity index (χ0v) is 18.4. The number of halogens is 1. The maximum Gasteiger partial charge on any atom is 0.292 e. The number of nitrogens with zero attached hydrogens (tertiary/aromatic N) is 3. The summed E-state index contributed by atoms with van der Waals surface area (Å²) in [5.74, 6) is -0.538. The van der Waals surface area contributed by atoms with Crippen LogP contribution in [0.15, 0.2) is 52.4 Å². The largest absolute Gasteiger partial charge is 0.376 e. The highest BCUT2D eigenvalue weighted by atomic mass is 35.5. The van der Waals surface area contributed by atoms with Crippen molar-refractivity contribution in [3.05, 3.63) is 68.0 Å². The van der Waals surface area contributed by atoms with Crippen LogP contribution in [0.1, 0.15) is 12.8 Å². The maximum atomic E-state index is 13.1. The Hall–Kier alpha value is -2.95. The Labute approximate surface area is 191 Å². The Kier molecular flexibility index (Phi) is 6.73. The quantitative estimate of drug-likeness (QED) is 0.239. The van der Waals surface area contributed by atoms with Gasteiger partial charge in [0.1, 0.15) is 5.69 Å². The summed E-state index contributed by atoms with van der Waals surface area (Å²) in [5.41, 5.74) is 0.120. The molecule has 0 aliphatic carbocycles. The van der Waals surface area contributed by atoms with Crippen molar-refractivity contribution in [3.8, 4) is 0 Å². The molecular weight excluding hydrogens is 456 g/mol. The molecule has 0 bridgehead atoms. The number of ether oxygens (including phenoxy) is 1. The van der Waals surface area contributed by atoms with Crippen LogP contribution in [0.5, 0.6) is 0 Å². The van der Waals surface area contributed by atoms with E-state index < -0.39 is 10.8 Å². The molecule has 1 saturated heterocycles. The number of fused-ring (bicyclic) bond motifs is 1. The molecule has 0 spiro atoms. The molecule has 3 aromatic rings. The third-order valence-corrected chi connectivity index (χ3v) is 6.21. The van der Waals surface area contributed by atoms with Crippen LogP contribution >= 0.6 is 23.4 Å². The summed E-state index contributed by atoms with van der Waals surface area (Å²) >= 11 is 7.14. The van der Waals surface area contributed by atoms with Crippen LogP contribution in [0.2, 0.25) is 5.02 Å². The van der Waals surface area contributed by atoms with Crippen molar-refractivity contribution in [2.45, 2.75) is 30.6 Å². The van der Waals surface area contributed by atoms with Gasteiger partial charge in [0.15, 0.2) is 5.16 Å². The normalized spacial score (nSPS) is 15.7. The molecule has 1 aliphatic heterocycles. The number of benzene rings is 2. The summed E-state index contributed by atoms with van der Waals surface area (Å²) < 4.78 is 7.20. The predicted octanol–water partition coefficient (Wildman–Crippen LogP) is 3.87. The summed E-state index contributed by atoms with van der Waals surface area (Å²) in [4.78, 5) is 40.8. The number of thioether (sulfide) groups is 1. The molecule has 1 N–H and O–H groups in total. The number of carbonyl (C=O) groups is 1. The number of para-hydroxylation sites is 2. The van der Waals surface area contributed by atoms with E-state index in [1.165, 1.54) is 22.8 Å². The second-order valence-corrected chi connectivity index (χ2v) is 8.60. The number of amides is 1. The van der Waals surface area contributed by atoms with Crippen LogP contribution in [0.25, 0.3) is 10.9 Å². The first-order valence-electron chi connectivity index (χ1n) is 9.90. The first-order valence-corrected chi connectivity index (χ1v) is 11.3. The van der Waals surface area contributed by atoms with Gasteiger partial charge in [-0.2, -0.15) is 0 Å². The minimum absolute atomic E-state index is 0.0872. The first-order chi connectivity index (χ1) is 15.4. The zero-order valence-electron chi connectivity index (χ0n) is 16.8. The van der Waals surface area contributed by atoms with Crippen LogP contribution in [0, 0.1) is 10.1 Å². The van der Waals surface area contributed by atoms with E-state index in [0.717, 1.165) is 24.6 Å². The van der Waals surface area contributed by atoms with Gasteiger partial charge in [-0.1, -0.05) is 35.5 Å². The monoisotopic (exact) mass is 474 g/mol. The number of nitro benzene ring substituents is 1. The number of anilines is 1. The van der Waals surface area contributed by atoms with Crippen molar-refractivity contribution >= 4 is 51.5 Å². The van der Waals surface area contributed by atoms with Gasteiger partial charge in [0.2, 0.25) is 5.91 Å². The number of hydrogen-bond acceptors (Lipinski definition) is 7. The Balaban J connectivity index is 1.59. The molecule has 1 fully saturated rings. The van der Waals surface area contributed by atoms with Crippen molar-refractivity contribution in [2.75, 3.05) is 17.7 Å². The average Bonchev–Trinajstić information content (AvgIpc) is 3.28. The highest BCUT2D eigenvalue weighted by Gasteiger charge is 2.21. The molecule has 2 aromatic carbocycles. The summed E-state index contributed by atoms with van der Waals surface area (Å²) in [6.07, 6.45) is 1.67. The van der Waals surface area contributed by atoms with E-state index in [0.29, 0.717) is 34.2 Å². The van der Waals surface area contributed by atoms with Crippen molar-refractivity contribution < 1.29 is 14.5 Å². The second kappa shape index (κ2) is 9.68. The lowest BCUT2D eigenvalue weighted by molar-refractivity contribution is -0.383. The minimum Gasteiger partial charge on any atom is -0.376 e. The molecule has 9 nitrogen and oxygen atoms in total. The third kappa shape index (κ3) is 4.93. The summed E-state index contributed by atoms with van der Waals surface area (Å²) in [6, 6.07) is 10.8. The van der Waals surface area contributed by atoms with Crippen molar-refractivity contribution in [3.63, 3.8) is 0 Å². The van der Waals surface area contributed by atoms with Gasteiger partial charge >= 0.3 is 0 Å². The van der Waals surface area contributed by atoms with Crippen LogP contribution in [0.4, 0.5) is 11.4 Å². The lowest BCUT2D eigenvalue weighted by Gasteiger charge is -2.16. The highest BCUT2D eigenvalue weighted by Crippen LogP contribution is 2.25. The number of carbonyl (C=O) groups excluding carboxylic acids is 1. The van der Waals surface area contributed by atoms with Gasteiger partial charge in [-0.15, -0.1) is 0 Å². The van der Waals surface area contributed by atoms with E-state index in [9.17, 15) is 19.7 Å². The molecule has 2 heterocycles. The van der Waals surface area contributed by atoms with Gasteiger partial charge in [-0.25, -0.2) is 4.98 Å². The second-order valence-electron chi connectivity index (χ2n) is 7.22. The number of nitrogens with one attached hydrogen (secondary N) is 1. The van der Waals surface area contributed by atoms with Crippen LogP contribution in [-0.2, 0) is 16.1 Å². The number of aromatic nitrogens is 2. The van der Waals surface area contributed by atoms with E-state index in [1.54, 1.807) is 24.3 Å². The smallest absolute Gasteiger partial charge is 0.292 e. The van der Waals surface area contributed by atoms with E-state index in [2.05, 4.69) is 10.3 Å². The van der Waals surface area contributed by atoms with Crippen LogP contribution in [-0.4, -0.2) is 38.8 Å². The Bertz CT molecular complexity index is 1240. The average molecular weight is 475 g/mol. The van der Waals surface area contributed by atoms with E-state index in [1.807, 2.05) is 0 Å². The third-order valence-electron chi connectivity index (χ3n) is 5.00. The van der Waals surface area contributed by atoms with Gasteiger partial charge < -0.3 is 10.1 Å².